The van der Waals surface area contributed by atoms with Crippen LogP contribution in [0.25, 0.3) is 0 Å². The molecule has 0 amide bonds. The molecule has 0 aromatic heterocycles. The molecule has 0 radical (unpaired) electrons. The lowest BCUT2D eigenvalue weighted by Gasteiger charge is -2.34. The van der Waals surface area contributed by atoms with E-state index < -0.39 is 0 Å². The van der Waals surface area contributed by atoms with Crippen molar-refractivity contribution < 1.29 is 0 Å². The van der Waals surface area contributed by atoms with Crippen molar-refractivity contribution in [3.8, 4) is 0 Å². The van der Waals surface area contributed by atoms with E-state index in [2.05, 4.69) is 5.32 Å². The van der Waals surface area contributed by atoms with Gasteiger partial charge in [-0.1, -0.05) is 32.1 Å². The minimum absolute atomic E-state index is 0.872. The first-order valence-electron chi connectivity index (χ1n) is 7.68. The number of rotatable bonds is 3. The van der Waals surface area contributed by atoms with Crippen LogP contribution < -0.4 is 5.32 Å². The molecule has 16 heavy (non-hydrogen) atoms. The van der Waals surface area contributed by atoms with E-state index in [-0.39, 0.29) is 0 Å². The number of nitrogens with one attached hydrogen (secondary N) is 1. The Balaban J connectivity index is 1.46. The topological polar surface area (TPSA) is 12.0 Å². The van der Waals surface area contributed by atoms with Gasteiger partial charge in [0.15, 0.2) is 0 Å². The van der Waals surface area contributed by atoms with Gasteiger partial charge >= 0.3 is 0 Å². The van der Waals surface area contributed by atoms with Crippen molar-refractivity contribution in [3.05, 3.63) is 0 Å². The molecule has 0 aliphatic heterocycles. The van der Waals surface area contributed by atoms with E-state index in [4.69, 9.17) is 0 Å². The summed E-state index contributed by atoms with van der Waals surface area (Å²) < 4.78 is 0. The van der Waals surface area contributed by atoms with E-state index in [0.717, 1.165) is 23.9 Å². The molecule has 1 heteroatoms. The van der Waals surface area contributed by atoms with Gasteiger partial charge in [-0.3, -0.25) is 0 Å². The molecule has 3 rings (SSSR count). The molecule has 3 saturated carbocycles. The minimum Gasteiger partial charge on any atom is -0.311 e. The maximum Gasteiger partial charge on any atom is 0.00723 e. The highest BCUT2D eigenvalue weighted by molar-refractivity contribution is 4.89. The third kappa shape index (κ3) is 2.80. The third-order valence-electron chi connectivity index (χ3n) is 5.08. The van der Waals surface area contributed by atoms with Crippen molar-refractivity contribution in [2.24, 2.45) is 11.8 Å². The summed E-state index contributed by atoms with van der Waals surface area (Å²) in [5.41, 5.74) is 0. The molecule has 0 aromatic rings. The van der Waals surface area contributed by atoms with Crippen LogP contribution in [-0.4, -0.2) is 12.1 Å². The van der Waals surface area contributed by atoms with Gasteiger partial charge in [-0.15, -0.1) is 0 Å². The molecule has 0 bridgehead atoms. The van der Waals surface area contributed by atoms with E-state index >= 15 is 0 Å². The van der Waals surface area contributed by atoms with Crippen LogP contribution in [0.5, 0.6) is 0 Å². The predicted molar refractivity (Wildman–Crippen MR) is 68.5 cm³/mol. The van der Waals surface area contributed by atoms with Gasteiger partial charge in [0.05, 0.1) is 0 Å². The molecule has 1 N–H and O–H groups in total. The van der Waals surface area contributed by atoms with Crippen molar-refractivity contribution in [3.63, 3.8) is 0 Å². The van der Waals surface area contributed by atoms with Crippen LogP contribution in [0.2, 0.25) is 0 Å². The van der Waals surface area contributed by atoms with Crippen LogP contribution in [0.3, 0.4) is 0 Å². The molecule has 0 heterocycles. The average molecular weight is 221 g/mol. The normalized spacial score (nSPS) is 37.5. The summed E-state index contributed by atoms with van der Waals surface area (Å²) in [5.74, 6) is 2.23. The van der Waals surface area contributed by atoms with E-state index in [1.165, 1.54) is 57.8 Å². The molecule has 92 valence electrons. The van der Waals surface area contributed by atoms with Crippen molar-refractivity contribution in [2.75, 3.05) is 0 Å². The second-order valence-corrected chi connectivity index (χ2v) is 6.46. The molecule has 0 aromatic carbocycles. The van der Waals surface area contributed by atoms with Gasteiger partial charge in [0.2, 0.25) is 0 Å². The largest absolute Gasteiger partial charge is 0.311 e. The quantitative estimate of drug-likeness (QED) is 0.762. The van der Waals surface area contributed by atoms with Crippen LogP contribution >= 0.6 is 0 Å². The Morgan fingerprint density at radius 3 is 2.06 bits per heavy atom. The fourth-order valence-corrected chi connectivity index (χ4v) is 3.98. The molecule has 2 unspecified atom stereocenters. The standard InChI is InChI=1S/C15H27N/c1-2-6-14(7-3-1)16-15-8-4-5-13(11-15)12-9-10-12/h12-16H,1-11H2. The zero-order valence-corrected chi connectivity index (χ0v) is 10.6. The van der Waals surface area contributed by atoms with Crippen LogP contribution in [0, 0.1) is 11.8 Å². The van der Waals surface area contributed by atoms with Gasteiger partial charge in [0.1, 0.15) is 0 Å². The van der Waals surface area contributed by atoms with Crippen molar-refractivity contribution in [2.45, 2.75) is 82.7 Å². The van der Waals surface area contributed by atoms with Crippen LogP contribution in [0.4, 0.5) is 0 Å². The predicted octanol–water partition coefficient (Wildman–Crippen LogP) is 3.88. The highest BCUT2D eigenvalue weighted by atomic mass is 15.0. The van der Waals surface area contributed by atoms with Gasteiger partial charge in [0, 0.05) is 12.1 Å². The second-order valence-electron chi connectivity index (χ2n) is 6.46. The Bertz CT molecular complexity index is 215. The Morgan fingerprint density at radius 1 is 0.562 bits per heavy atom. The molecule has 3 aliphatic rings. The van der Waals surface area contributed by atoms with Crippen molar-refractivity contribution in [1.29, 1.82) is 0 Å². The summed E-state index contributed by atoms with van der Waals surface area (Å²) in [4.78, 5) is 0. The molecule has 3 aliphatic carbocycles. The van der Waals surface area contributed by atoms with Crippen molar-refractivity contribution in [1.82, 2.24) is 5.32 Å². The summed E-state index contributed by atoms with van der Waals surface area (Å²) in [6.07, 6.45) is 16.4. The zero-order valence-electron chi connectivity index (χ0n) is 10.6. The first-order valence-corrected chi connectivity index (χ1v) is 7.68. The summed E-state index contributed by atoms with van der Waals surface area (Å²) >= 11 is 0. The maximum atomic E-state index is 3.97. The zero-order chi connectivity index (χ0) is 10.8. The molecule has 3 fully saturated rings. The average Bonchev–Trinajstić information content (AvgIpc) is 3.15. The van der Waals surface area contributed by atoms with E-state index in [9.17, 15) is 0 Å². The molecule has 2 atom stereocenters. The van der Waals surface area contributed by atoms with E-state index in [1.54, 1.807) is 12.8 Å². The molecular formula is C15H27N. The van der Waals surface area contributed by atoms with Gasteiger partial charge in [-0.2, -0.15) is 0 Å². The third-order valence-corrected chi connectivity index (χ3v) is 5.08. The number of hydrogen-bond acceptors (Lipinski definition) is 1. The minimum atomic E-state index is 0.872. The van der Waals surface area contributed by atoms with Gasteiger partial charge in [-0.05, 0) is 50.4 Å². The Hall–Kier alpha value is -0.0400. The van der Waals surface area contributed by atoms with E-state index in [1.807, 2.05) is 0 Å². The highest BCUT2D eigenvalue weighted by Gasteiger charge is 2.35. The van der Waals surface area contributed by atoms with Crippen molar-refractivity contribution >= 4 is 0 Å². The van der Waals surface area contributed by atoms with Gasteiger partial charge in [0.25, 0.3) is 0 Å². The molecular weight excluding hydrogens is 194 g/mol. The Labute approximate surface area is 100 Å². The van der Waals surface area contributed by atoms with Crippen LogP contribution in [-0.2, 0) is 0 Å². The summed E-state index contributed by atoms with van der Waals surface area (Å²) in [5, 5.41) is 3.97. The van der Waals surface area contributed by atoms with Gasteiger partial charge in [-0.25, -0.2) is 0 Å². The molecule has 0 spiro atoms. The lowest BCUT2D eigenvalue weighted by atomic mass is 9.82. The van der Waals surface area contributed by atoms with E-state index in [0.29, 0.717) is 0 Å². The first kappa shape index (κ1) is 11.1. The fraction of sp³-hybridized carbons (Fsp3) is 1.00. The SMILES string of the molecule is C1CCC(NC2CCCC(C3CC3)C2)CC1. The number of hydrogen-bond donors (Lipinski definition) is 1. The lowest BCUT2D eigenvalue weighted by Crippen LogP contribution is -2.42. The fourth-order valence-electron chi connectivity index (χ4n) is 3.98. The second kappa shape index (κ2) is 5.08. The maximum absolute atomic E-state index is 3.97. The first-order chi connectivity index (χ1) is 7.92. The molecule has 0 saturated heterocycles. The summed E-state index contributed by atoms with van der Waals surface area (Å²) in [6.45, 7) is 0. The molecule has 1 nitrogen and oxygen atoms in total. The van der Waals surface area contributed by atoms with Gasteiger partial charge < -0.3 is 5.32 Å². The van der Waals surface area contributed by atoms with Crippen LogP contribution in [0.1, 0.15) is 70.6 Å². The Kier molecular flexibility index (Phi) is 3.51. The summed E-state index contributed by atoms with van der Waals surface area (Å²) in [6, 6.07) is 1.75. The summed E-state index contributed by atoms with van der Waals surface area (Å²) in [7, 11) is 0. The smallest absolute Gasteiger partial charge is 0.00723 e. The monoisotopic (exact) mass is 221 g/mol. The van der Waals surface area contributed by atoms with Crippen LogP contribution in [0.15, 0.2) is 0 Å². The highest BCUT2D eigenvalue weighted by Crippen LogP contribution is 2.44. The lowest BCUT2D eigenvalue weighted by molar-refractivity contribution is 0.229. The Morgan fingerprint density at radius 2 is 1.31 bits per heavy atom.